The van der Waals surface area contributed by atoms with Crippen LogP contribution < -0.4 is 0 Å². The maximum absolute atomic E-state index is 12.2. The number of carbonyl (C=O) groups excluding carboxylic acids is 1. The maximum atomic E-state index is 12.2. The number of carbonyl (C=O) groups is 1. The van der Waals surface area contributed by atoms with Crippen LogP contribution in [0.15, 0.2) is 35.7 Å². The lowest BCUT2D eigenvalue weighted by atomic mass is 9.94. The third-order valence-corrected chi connectivity index (χ3v) is 2.16. The smallest absolute Gasteiger partial charge is 0.242 e. The van der Waals surface area contributed by atoms with Crippen LogP contribution in [0, 0.1) is 0 Å². The molecule has 1 aliphatic heterocycles. The second-order valence-electron chi connectivity index (χ2n) is 3.49. The Morgan fingerprint density at radius 3 is 2.60 bits per heavy atom. The van der Waals surface area contributed by atoms with Crippen molar-refractivity contribution in [2.45, 2.75) is 19.8 Å². The molecule has 0 amide bonds. The molecule has 0 atom stereocenters. The molecule has 82 valence electrons. The van der Waals surface area contributed by atoms with Crippen molar-refractivity contribution in [3.63, 3.8) is 0 Å². The van der Waals surface area contributed by atoms with Gasteiger partial charge in [-0.05, 0) is 18.1 Å². The molecule has 0 saturated heterocycles. The molecule has 1 rings (SSSR count). The SMILES string of the molecule is C=C1C(CC(F)F)=CN(C)C=C1C(C)=O. The molecule has 0 aromatic heterocycles. The predicted molar refractivity (Wildman–Crippen MR) is 54.4 cm³/mol. The molecule has 0 fully saturated rings. The first-order valence-corrected chi connectivity index (χ1v) is 4.55. The number of ketones is 1. The van der Waals surface area contributed by atoms with Gasteiger partial charge in [0.2, 0.25) is 6.43 Å². The monoisotopic (exact) mass is 213 g/mol. The van der Waals surface area contributed by atoms with Gasteiger partial charge in [-0.25, -0.2) is 8.78 Å². The highest BCUT2D eigenvalue weighted by atomic mass is 19.3. The Morgan fingerprint density at radius 2 is 2.13 bits per heavy atom. The molecule has 0 saturated carbocycles. The molecule has 0 aromatic rings. The number of nitrogens with zero attached hydrogens (tertiary/aromatic N) is 1. The van der Waals surface area contributed by atoms with Gasteiger partial charge in [-0.1, -0.05) is 6.58 Å². The van der Waals surface area contributed by atoms with Crippen LogP contribution in [-0.2, 0) is 4.79 Å². The van der Waals surface area contributed by atoms with Crippen molar-refractivity contribution in [3.8, 4) is 0 Å². The van der Waals surface area contributed by atoms with E-state index in [9.17, 15) is 13.6 Å². The number of alkyl halides is 2. The minimum absolute atomic E-state index is 0.160. The number of Topliss-reactive ketones (excluding diaryl/α,β-unsaturated/α-hetero) is 1. The van der Waals surface area contributed by atoms with E-state index in [1.807, 2.05) is 0 Å². The molecular formula is C11H13F2NO. The Hall–Kier alpha value is -1.45. The summed E-state index contributed by atoms with van der Waals surface area (Å²) < 4.78 is 24.5. The van der Waals surface area contributed by atoms with Crippen molar-refractivity contribution in [1.29, 1.82) is 0 Å². The number of rotatable bonds is 3. The topological polar surface area (TPSA) is 20.3 Å². The number of hydrogen-bond acceptors (Lipinski definition) is 2. The lowest BCUT2D eigenvalue weighted by molar-refractivity contribution is -0.113. The van der Waals surface area contributed by atoms with Crippen LogP contribution in [-0.4, -0.2) is 24.2 Å². The molecule has 2 nitrogen and oxygen atoms in total. The summed E-state index contributed by atoms with van der Waals surface area (Å²) >= 11 is 0. The van der Waals surface area contributed by atoms with Gasteiger partial charge in [-0.3, -0.25) is 4.79 Å². The zero-order chi connectivity index (χ0) is 11.6. The summed E-state index contributed by atoms with van der Waals surface area (Å²) in [5, 5.41) is 0. The fourth-order valence-corrected chi connectivity index (χ4v) is 1.46. The van der Waals surface area contributed by atoms with Crippen LogP contribution in [0.3, 0.4) is 0 Å². The molecule has 15 heavy (non-hydrogen) atoms. The van der Waals surface area contributed by atoms with Gasteiger partial charge in [-0.15, -0.1) is 0 Å². The van der Waals surface area contributed by atoms with Crippen LogP contribution in [0.4, 0.5) is 8.78 Å². The van der Waals surface area contributed by atoms with Gasteiger partial charge in [0.15, 0.2) is 5.78 Å². The Morgan fingerprint density at radius 1 is 1.53 bits per heavy atom. The molecular weight excluding hydrogens is 200 g/mol. The van der Waals surface area contributed by atoms with E-state index in [-0.39, 0.29) is 12.2 Å². The number of halogens is 2. The van der Waals surface area contributed by atoms with Crippen molar-refractivity contribution < 1.29 is 13.6 Å². The van der Waals surface area contributed by atoms with E-state index in [0.717, 1.165) is 0 Å². The molecule has 0 bridgehead atoms. The summed E-state index contributed by atoms with van der Waals surface area (Å²) in [5.41, 5.74) is 1.22. The summed E-state index contributed by atoms with van der Waals surface area (Å²) in [6.07, 6.45) is 0.377. The van der Waals surface area contributed by atoms with Gasteiger partial charge in [0, 0.05) is 31.4 Å². The van der Waals surface area contributed by atoms with E-state index in [2.05, 4.69) is 6.58 Å². The zero-order valence-electron chi connectivity index (χ0n) is 8.76. The molecule has 0 aromatic carbocycles. The summed E-state index contributed by atoms with van der Waals surface area (Å²) in [7, 11) is 1.70. The van der Waals surface area contributed by atoms with Crippen molar-refractivity contribution in [2.75, 3.05) is 7.05 Å². The zero-order valence-corrected chi connectivity index (χ0v) is 8.76. The third kappa shape index (κ3) is 2.75. The van der Waals surface area contributed by atoms with Gasteiger partial charge in [-0.2, -0.15) is 0 Å². The minimum Gasteiger partial charge on any atom is -0.356 e. The van der Waals surface area contributed by atoms with Gasteiger partial charge >= 0.3 is 0 Å². The quantitative estimate of drug-likeness (QED) is 0.717. The van der Waals surface area contributed by atoms with Crippen LogP contribution in [0.1, 0.15) is 13.3 Å². The molecule has 0 N–H and O–H groups in total. The van der Waals surface area contributed by atoms with Gasteiger partial charge < -0.3 is 4.90 Å². The first-order valence-electron chi connectivity index (χ1n) is 4.55. The third-order valence-electron chi connectivity index (χ3n) is 2.16. The van der Waals surface area contributed by atoms with E-state index in [1.54, 1.807) is 24.3 Å². The highest BCUT2D eigenvalue weighted by Gasteiger charge is 2.20. The average molecular weight is 213 g/mol. The summed E-state index contributed by atoms with van der Waals surface area (Å²) in [4.78, 5) is 12.8. The second-order valence-corrected chi connectivity index (χ2v) is 3.49. The van der Waals surface area contributed by atoms with Crippen LogP contribution >= 0.6 is 0 Å². The van der Waals surface area contributed by atoms with Gasteiger partial charge in [0.25, 0.3) is 0 Å². The molecule has 0 aliphatic carbocycles. The molecule has 0 unspecified atom stereocenters. The molecule has 1 aliphatic rings. The van der Waals surface area contributed by atoms with Gasteiger partial charge in [0.05, 0.1) is 0 Å². The lowest BCUT2D eigenvalue weighted by Gasteiger charge is -2.22. The van der Waals surface area contributed by atoms with E-state index < -0.39 is 6.43 Å². The highest BCUT2D eigenvalue weighted by molar-refractivity contribution is 5.99. The van der Waals surface area contributed by atoms with E-state index in [0.29, 0.717) is 16.7 Å². The fraction of sp³-hybridized carbons (Fsp3) is 0.364. The Balaban J connectivity index is 2.93. The van der Waals surface area contributed by atoms with Crippen molar-refractivity contribution in [1.82, 2.24) is 4.90 Å². The number of allylic oxidation sites excluding steroid dienone is 3. The first kappa shape index (κ1) is 11.6. The van der Waals surface area contributed by atoms with E-state index >= 15 is 0 Å². The standard InChI is InChI=1S/C11H13F2NO/c1-7-9(4-11(12)13)5-14(3)6-10(7)8(2)15/h5-6,11H,1,4H2,2-3H3. The molecule has 0 radical (unpaired) electrons. The molecule has 1 heterocycles. The van der Waals surface area contributed by atoms with Gasteiger partial charge in [0.1, 0.15) is 0 Å². The average Bonchev–Trinajstić information content (AvgIpc) is 2.09. The summed E-state index contributed by atoms with van der Waals surface area (Å²) in [5.74, 6) is -0.160. The Kier molecular flexibility index (Phi) is 3.39. The Bertz CT molecular complexity index is 356. The summed E-state index contributed by atoms with van der Waals surface area (Å²) in [6, 6.07) is 0. The highest BCUT2D eigenvalue weighted by Crippen LogP contribution is 2.28. The summed E-state index contributed by atoms with van der Waals surface area (Å²) in [6.45, 7) is 5.07. The maximum Gasteiger partial charge on any atom is 0.242 e. The molecule has 0 spiro atoms. The lowest BCUT2D eigenvalue weighted by Crippen LogP contribution is -2.16. The van der Waals surface area contributed by atoms with Crippen molar-refractivity contribution in [3.05, 3.63) is 35.7 Å². The van der Waals surface area contributed by atoms with E-state index in [1.165, 1.54) is 6.92 Å². The predicted octanol–water partition coefficient (Wildman–Crippen LogP) is 2.50. The van der Waals surface area contributed by atoms with Crippen LogP contribution in [0.2, 0.25) is 0 Å². The molecule has 4 heteroatoms. The van der Waals surface area contributed by atoms with Crippen molar-refractivity contribution in [2.24, 2.45) is 0 Å². The van der Waals surface area contributed by atoms with E-state index in [4.69, 9.17) is 0 Å². The largest absolute Gasteiger partial charge is 0.356 e. The fourth-order valence-electron chi connectivity index (χ4n) is 1.46. The Labute approximate surface area is 87.6 Å². The normalized spacial score (nSPS) is 16.6. The second kappa shape index (κ2) is 4.38. The number of hydrogen-bond donors (Lipinski definition) is 0. The first-order chi connectivity index (χ1) is 6.91. The van der Waals surface area contributed by atoms with Crippen LogP contribution in [0.25, 0.3) is 0 Å². The minimum atomic E-state index is -2.42. The van der Waals surface area contributed by atoms with Crippen LogP contribution in [0.5, 0.6) is 0 Å². The van der Waals surface area contributed by atoms with Crippen molar-refractivity contribution >= 4 is 5.78 Å².